The van der Waals surface area contributed by atoms with Crippen molar-refractivity contribution in [1.29, 1.82) is 0 Å². The summed E-state index contributed by atoms with van der Waals surface area (Å²) in [5.41, 5.74) is 2.25. The quantitative estimate of drug-likeness (QED) is 0.427. The Hall–Kier alpha value is -3.33. The van der Waals surface area contributed by atoms with Crippen LogP contribution in [0.2, 0.25) is 0 Å². The fourth-order valence-electron chi connectivity index (χ4n) is 7.79. The highest BCUT2D eigenvalue weighted by Gasteiger charge is 2.57. The van der Waals surface area contributed by atoms with E-state index >= 15 is 0 Å². The Labute approximate surface area is 266 Å². The van der Waals surface area contributed by atoms with Crippen LogP contribution >= 0.6 is 0 Å². The third-order valence-electron chi connectivity index (χ3n) is 10.2. The molecule has 2 aromatic rings. The summed E-state index contributed by atoms with van der Waals surface area (Å²) < 4.78 is 53.9. The number of carbonyl (C=O) groups excluding carboxylic acids is 1. The molecule has 6 aliphatic rings. The summed E-state index contributed by atoms with van der Waals surface area (Å²) in [5.74, 6) is -0.210. The third kappa shape index (κ3) is 4.78. The van der Waals surface area contributed by atoms with Crippen LogP contribution in [0.15, 0.2) is 24.3 Å². The number of cyclic esters (lactones) is 1. The number of aliphatic hydroxyl groups excluding tert-OH is 1. The molecule has 0 radical (unpaired) electrons. The molecule has 0 spiro atoms. The number of fused-ring (bicyclic) bond motifs is 4. The van der Waals surface area contributed by atoms with E-state index < -0.39 is 54.5 Å². The molecule has 46 heavy (non-hydrogen) atoms. The zero-order valence-electron chi connectivity index (χ0n) is 26.1. The highest BCUT2D eigenvalue weighted by atomic mass is 16.8. The standard InChI is InChI=1S/C33H39NO12/c1-34(2)26-28(36)30-23(12-41-32(46-30)14-5-6-14)44-33(26)45-29-17-10-20-19(42-13-43-20)9-16(17)24(25-18(29)11-40-31(25)37)15-7-21(38-3)27(35)22(8-15)39-4/h7-10,14,18,23-26,28-30,32-33,35-36H,5-6,11-13H2,1-4H3/t18-,23+,24+,25-,26+,28+,29+,30+,32-,33-/m0/s1. The fraction of sp³-hybridized carbons (Fsp3) is 0.606. The number of carbonyl (C=O) groups is 1. The first kappa shape index (κ1) is 30.0. The van der Waals surface area contributed by atoms with Gasteiger partial charge in [0.2, 0.25) is 12.5 Å². The zero-order chi connectivity index (χ0) is 31.9. The number of rotatable bonds is 7. The molecule has 2 aromatic carbocycles. The number of hydrogen-bond acceptors (Lipinski definition) is 13. The molecule has 13 nitrogen and oxygen atoms in total. The Morgan fingerprint density at radius 3 is 2.26 bits per heavy atom. The van der Waals surface area contributed by atoms with Crippen molar-refractivity contribution in [2.24, 2.45) is 17.8 Å². The van der Waals surface area contributed by atoms with Crippen LogP contribution in [-0.2, 0) is 28.5 Å². The van der Waals surface area contributed by atoms with E-state index in [2.05, 4.69) is 0 Å². The lowest BCUT2D eigenvalue weighted by molar-refractivity contribution is -0.359. The zero-order valence-corrected chi connectivity index (χ0v) is 26.1. The molecule has 2 aliphatic carbocycles. The summed E-state index contributed by atoms with van der Waals surface area (Å²) in [6.45, 7) is 0.465. The van der Waals surface area contributed by atoms with Crippen LogP contribution in [0.4, 0.5) is 0 Å². The Balaban J connectivity index is 1.20. The molecule has 1 saturated carbocycles. The van der Waals surface area contributed by atoms with E-state index in [1.54, 1.807) is 12.1 Å². The molecule has 248 valence electrons. The summed E-state index contributed by atoms with van der Waals surface area (Å²) in [6, 6.07) is 6.62. The van der Waals surface area contributed by atoms with Crippen molar-refractivity contribution in [2.45, 2.75) is 61.8 Å². The first-order chi connectivity index (χ1) is 22.3. The monoisotopic (exact) mass is 641 g/mol. The molecule has 4 aliphatic heterocycles. The third-order valence-corrected chi connectivity index (χ3v) is 10.2. The van der Waals surface area contributed by atoms with E-state index in [-0.39, 0.29) is 49.5 Å². The highest BCUT2D eigenvalue weighted by molar-refractivity contribution is 5.79. The van der Waals surface area contributed by atoms with E-state index in [4.69, 9.17) is 42.6 Å². The minimum Gasteiger partial charge on any atom is -0.502 e. The van der Waals surface area contributed by atoms with Crippen molar-refractivity contribution in [3.05, 3.63) is 41.0 Å². The van der Waals surface area contributed by atoms with E-state index in [0.29, 0.717) is 23.0 Å². The van der Waals surface area contributed by atoms with Crippen molar-refractivity contribution in [3.63, 3.8) is 0 Å². The maximum Gasteiger partial charge on any atom is 0.310 e. The maximum absolute atomic E-state index is 13.6. The Kier molecular flexibility index (Phi) is 7.46. The predicted octanol–water partition coefficient (Wildman–Crippen LogP) is 2.30. The highest BCUT2D eigenvalue weighted by Crippen LogP contribution is 2.57. The van der Waals surface area contributed by atoms with Gasteiger partial charge >= 0.3 is 5.97 Å². The lowest BCUT2D eigenvalue weighted by Crippen LogP contribution is -2.66. The van der Waals surface area contributed by atoms with E-state index in [9.17, 15) is 15.0 Å². The molecular formula is C33H39NO12. The summed E-state index contributed by atoms with van der Waals surface area (Å²) in [6.07, 6.45) is -1.80. The number of aromatic hydroxyl groups is 1. The topological polar surface area (TPSA) is 144 Å². The van der Waals surface area contributed by atoms with Gasteiger partial charge in [0.15, 0.2) is 35.6 Å². The molecule has 0 bridgehead atoms. The largest absolute Gasteiger partial charge is 0.502 e. The molecule has 0 amide bonds. The summed E-state index contributed by atoms with van der Waals surface area (Å²) >= 11 is 0. The van der Waals surface area contributed by atoms with E-state index in [1.807, 2.05) is 31.1 Å². The number of nitrogens with zero attached hydrogens (tertiary/aromatic N) is 1. The number of phenols is 1. The Bertz CT molecular complexity index is 1490. The molecule has 0 unspecified atom stereocenters. The number of likely N-dealkylation sites (N-methyl/N-ethyl adjacent to an activating group) is 1. The molecule has 4 heterocycles. The van der Waals surface area contributed by atoms with Crippen LogP contribution in [0.5, 0.6) is 28.7 Å². The molecular weight excluding hydrogens is 602 g/mol. The molecule has 13 heteroatoms. The molecule has 8 rings (SSSR count). The van der Waals surface area contributed by atoms with Crippen LogP contribution in [0.3, 0.4) is 0 Å². The summed E-state index contributed by atoms with van der Waals surface area (Å²) in [7, 11) is 6.65. The number of benzene rings is 2. The molecule has 3 saturated heterocycles. The second kappa shape index (κ2) is 11.4. The number of phenolic OH excluding ortho intramolecular Hbond substituents is 1. The SMILES string of the molecule is COc1cc([C@@H]2c3cc4c(cc3[C@@H](O[C@@H]3O[C@@H]5CO[C@H](C6CC6)O[C@H]5[C@H](O)[C@H]3N(C)C)[C@H]3COC(=O)[C@H]23)OCO4)cc(OC)c1O. The van der Waals surface area contributed by atoms with Crippen LogP contribution < -0.4 is 18.9 Å². The predicted molar refractivity (Wildman–Crippen MR) is 157 cm³/mol. The number of esters is 1. The van der Waals surface area contributed by atoms with Gasteiger partial charge in [-0.2, -0.15) is 0 Å². The number of aliphatic hydroxyl groups is 1. The molecule has 4 fully saturated rings. The van der Waals surface area contributed by atoms with Crippen LogP contribution in [0.25, 0.3) is 0 Å². The van der Waals surface area contributed by atoms with Gasteiger partial charge in [-0.3, -0.25) is 9.69 Å². The van der Waals surface area contributed by atoms with Crippen molar-refractivity contribution in [2.75, 3.05) is 48.3 Å². The van der Waals surface area contributed by atoms with E-state index in [0.717, 1.165) is 24.0 Å². The van der Waals surface area contributed by atoms with Gasteiger partial charge in [0.25, 0.3) is 0 Å². The maximum atomic E-state index is 13.6. The van der Waals surface area contributed by atoms with Crippen LogP contribution in [-0.4, -0.2) is 106 Å². The summed E-state index contributed by atoms with van der Waals surface area (Å²) in [4.78, 5) is 15.5. The Morgan fingerprint density at radius 1 is 0.913 bits per heavy atom. The minimum absolute atomic E-state index is 0.0652. The van der Waals surface area contributed by atoms with Gasteiger partial charge < -0.3 is 52.8 Å². The number of methoxy groups -OCH3 is 2. The van der Waals surface area contributed by atoms with Crippen LogP contribution in [0.1, 0.15) is 41.6 Å². The van der Waals surface area contributed by atoms with Gasteiger partial charge in [-0.15, -0.1) is 0 Å². The van der Waals surface area contributed by atoms with Crippen molar-refractivity contribution >= 4 is 5.97 Å². The lowest BCUT2D eigenvalue weighted by Gasteiger charge is -2.51. The minimum atomic E-state index is -0.911. The van der Waals surface area contributed by atoms with Gasteiger partial charge in [0.05, 0.1) is 45.5 Å². The van der Waals surface area contributed by atoms with Gasteiger partial charge in [0.1, 0.15) is 18.3 Å². The molecule has 0 aromatic heterocycles. The summed E-state index contributed by atoms with van der Waals surface area (Å²) in [5, 5.41) is 22.3. The smallest absolute Gasteiger partial charge is 0.310 e. The number of ether oxygens (including phenoxy) is 9. The molecule has 10 atom stereocenters. The van der Waals surface area contributed by atoms with Gasteiger partial charge in [-0.1, -0.05) is 0 Å². The number of hydrogen-bond donors (Lipinski definition) is 2. The first-order valence-corrected chi connectivity index (χ1v) is 15.7. The lowest BCUT2D eigenvalue weighted by atomic mass is 9.66. The van der Waals surface area contributed by atoms with Crippen LogP contribution in [0, 0.1) is 17.8 Å². The van der Waals surface area contributed by atoms with Gasteiger partial charge in [-0.25, -0.2) is 0 Å². The second-order valence-corrected chi connectivity index (χ2v) is 13.1. The second-order valence-electron chi connectivity index (χ2n) is 13.1. The average molecular weight is 642 g/mol. The fourth-order valence-corrected chi connectivity index (χ4v) is 7.79. The molecule has 2 N–H and O–H groups in total. The Morgan fingerprint density at radius 2 is 1.61 bits per heavy atom. The van der Waals surface area contributed by atoms with Gasteiger partial charge in [-0.05, 0) is 67.9 Å². The van der Waals surface area contributed by atoms with Gasteiger partial charge in [0, 0.05) is 17.8 Å². The first-order valence-electron chi connectivity index (χ1n) is 15.7. The van der Waals surface area contributed by atoms with E-state index in [1.165, 1.54) is 14.2 Å². The van der Waals surface area contributed by atoms with Crippen molar-refractivity contribution in [3.8, 4) is 28.7 Å². The average Bonchev–Trinajstić information content (AvgIpc) is 3.69. The van der Waals surface area contributed by atoms with Crippen molar-refractivity contribution in [1.82, 2.24) is 4.90 Å². The normalized spacial score (nSPS) is 36.1. The van der Waals surface area contributed by atoms with Crippen molar-refractivity contribution < 1.29 is 57.6 Å².